The molecule has 1 heterocycles. The number of sulfonamides is 1. The minimum absolute atomic E-state index is 0.0393. The van der Waals surface area contributed by atoms with Crippen LogP contribution in [-0.2, 0) is 28.9 Å². The molecular formula is C15H19NO3S2. The summed E-state index contributed by atoms with van der Waals surface area (Å²) in [7, 11) is -3.36. The Morgan fingerprint density at radius 3 is 2.29 bits per heavy atom. The van der Waals surface area contributed by atoms with Crippen molar-refractivity contribution in [1.29, 1.82) is 0 Å². The molecule has 0 aliphatic carbocycles. The predicted octanol–water partition coefficient (Wildman–Crippen LogP) is 2.48. The van der Waals surface area contributed by atoms with Crippen LogP contribution < -0.4 is 4.72 Å². The predicted molar refractivity (Wildman–Crippen MR) is 85.6 cm³/mol. The van der Waals surface area contributed by atoms with Crippen LogP contribution in [0.5, 0.6) is 0 Å². The van der Waals surface area contributed by atoms with Crippen molar-refractivity contribution in [2.75, 3.05) is 0 Å². The lowest BCUT2D eigenvalue weighted by molar-refractivity contribution is 0.282. The highest BCUT2D eigenvalue weighted by atomic mass is 32.2. The number of hydrogen-bond donors (Lipinski definition) is 2. The molecule has 6 heteroatoms. The standard InChI is InChI=1S/C15H19NO3S2/c1-11-7-15(20-12(11)2)8-16-21(18,19)10-14-5-3-13(9-17)4-6-14/h3-7,16-17H,8-10H2,1-2H3. The summed E-state index contributed by atoms with van der Waals surface area (Å²) in [6.45, 7) is 4.34. The van der Waals surface area contributed by atoms with Gasteiger partial charge in [-0.2, -0.15) is 0 Å². The first-order valence-corrected chi connectivity index (χ1v) is 9.08. The summed E-state index contributed by atoms with van der Waals surface area (Å²) >= 11 is 1.61. The molecule has 2 N–H and O–H groups in total. The van der Waals surface area contributed by atoms with Gasteiger partial charge in [0.15, 0.2) is 0 Å². The third-order valence-electron chi connectivity index (χ3n) is 3.25. The quantitative estimate of drug-likeness (QED) is 0.857. The van der Waals surface area contributed by atoms with Gasteiger partial charge in [0.05, 0.1) is 12.4 Å². The van der Waals surface area contributed by atoms with Gasteiger partial charge in [-0.05, 0) is 36.6 Å². The highest BCUT2D eigenvalue weighted by Crippen LogP contribution is 2.20. The fourth-order valence-corrected chi connectivity index (χ4v) is 4.12. The van der Waals surface area contributed by atoms with Crippen LogP contribution in [0.25, 0.3) is 0 Å². The zero-order chi connectivity index (χ0) is 15.5. The van der Waals surface area contributed by atoms with E-state index in [0.29, 0.717) is 12.1 Å². The summed E-state index contributed by atoms with van der Waals surface area (Å²) in [6.07, 6.45) is 0. The van der Waals surface area contributed by atoms with E-state index in [1.807, 2.05) is 19.9 Å². The van der Waals surface area contributed by atoms with Crippen molar-refractivity contribution in [2.45, 2.75) is 32.8 Å². The molecule has 0 aliphatic heterocycles. The number of nitrogens with one attached hydrogen (secondary N) is 1. The molecule has 0 amide bonds. The Morgan fingerprint density at radius 1 is 1.14 bits per heavy atom. The maximum absolute atomic E-state index is 12.1. The summed E-state index contributed by atoms with van der Waals surface area (Å²) in [4.78, 5) is 2.23. The smallest absolute Gasteiger partial charge is 0.216 e. The van der Waals surface area contributed by atoms with Crippen LogP contribution in [0.1, 0.15) is 26.4 Å². The van der Waals surface area contributed by atoms with Gasteiger partial charge in [0.2, 0.25) is 10.0 Å². The second-order valence-corrected chi connectivity index (χ2v) is 8.15. The number of hydrogen-bond acceptors (Lipinski definition) is 4. The maximum atomic E-state index is 12.1. The van der Waals surface area contributed by atoms with Gasteiger partial charge in [-0.15, -0.1) is 11.3 Å². The number of aliphatic hydroxyl groups is 1. The molecule has 1 aromatic heterocycles. The van der Waals surface area contributed by atoms with Gasteiger partial charge in [0, 0.05) is 16.3 Å². The normalized spacial score (nSPS) is 11.8. The molecule has 0 atom stereocenters. The average molecular weight is 325 g/mol. The molecular weight excluding hydrogens is 306 g/mol. The monoisotopic (exact) mass is 325 g/mol. The number of thiophene rings is 1. The fraction of sp³-hybridized carbons (Fsp3) is 0.333. The summed E-state index contributed by atoms with van der Waals surface area (Å²) in [5, 5.41) is 8.97. The van der Waals surface area contributed by atoms with Crippen molar-refractivity contribution in [3.8, 4) is 0 Å². The molecule has 114 valence electrons. The molecule has 2 aromatic rings. The van der Waals surface area contributed by atoms with Crippen LogP contribution in [0.4, 0.5) is 0 Å². The third kappa shape index (κ3) is 4.64. The van der Waals surface area contributed by atoms with Gasteiger partial charge in [0.25, 0.3) is 0 Å². The van der Waals surface area contributed by atoms with Crippen LogP contribution >= 0.6 is 11.3 Å². The molecule has 1 aromatic carbocycles. The SMILES string of the molecule is Cc1cc(CNS(=O)(=O)Cc2ccc(CO)cc2)sc1C. The summed E-state index contributed by atoms with van der Waals surface area (Å²) in [5.41, 5.74) is 2.67. The van der Waals surface area contributed by atoms with E-state index in [0.717, 1.165) is 10.4 Å². The first-order chi connectivity index (χ1) is 9.89. The lowest BCUT2D eigenvalue weighted by Crippen LogP contribution is -2.24. The van der Waals surface area contributed by atoms with Crippen LogP contribution in [0.3, 0.4) is 0 Å². The minimum atomic E-state index is -3.36. The molecule has 0 fully saturated rings. The molecule has 21 heavy (non-hydrogen) atoms. The van der Waals surface area contributed by atoms with Gasteiger partial charge in [-0.25, -0.2) is 13.1 Å². The van der Waals surface area contributed by atoms with Crippen molar-refractivity contribution in [3.63, 3.8) is 0 Å². The second kappa shape index (κ2) is 6.70. The topological polar surface area (TPSA) is 66.4 Å². The third-order valence-corrected chi connectivity index (χ3v) is 5.70. The summed E-state index contributed by atoms with van der Waals surface area (Å²) in [6, 6.07) is 8.93. The van der Waals surface area contributed by atoms with E-state index < -0.39 is 10.0 Å². The molecule has 0 unspecified atom stereocenters. The number of benzene rings is 1. The minimum Gasteiger partial charge on any atom is -0.392 e. The Bertz CT molecular complexity index is 684. The lowest BCUT2D eigenvalue weighted by atomic mass is 10.2. The van der Waals surface area contributed by atoms with Crippen LogP contribution in [0, 0.1) is 13.8 Å². The van der Waals surface area contributed by atoms with Crippen LogP contribution in [-0.4, -0.2) is 13.5 Å². The molecule has 0 bridgehead atoms. The summed E-state index contributed by atoms with van der Waals surface area (Å²) in [5.74, 6) is -0.0535. The lowest BCUT2D eigenvalue weighted by Gasteiger charge is -2.06. The highest BCUT2D eigenvalue weighted by molar-refractivity contribution is 7.88. The van der Waals surface area contributed by atoms with Gasteiger partial charge in [-0.1, -0.05) is 24.3 Å². The van der Waals surface area contributed by atoms with Crippen molar-refractivity contribution in [3.05, 3.63) is 56.8 Å². The van der Waals surface area contributed by atoms with E-state index >= 15 is 0 Å². The Hall–Kier alpha value is -1.21. The highest BCUT2D eigenvalue weighted by Gasteiger charge is 2.12. The van der Waals surface area contributed by atoms with Crippen LogP contribution in [0.15, 0.2) is 30.3 Å². The number of aryl methyl sites for hydroxylation is 2. The molecule has 0 radical (unpaired) electrons. The molecule has 0 spiro atoms. The molecule has 2 rings (SSSR count). The van der Waals surface area contributed by atoms with Gasteiger partial charge in [-0.3, -0.25) is 0 Å². The second-order valence-electron chi connectivity index (χ2n) is 5.01. The Morgan fingerprint density at radius 2 is 1.76 bits per heavy atom. The zero-order valence-electron chi connectivity index (χ0n) is 12.1. The number of aliphatic hydroxyl groups excluding tert-OH is 1. The van der Waals surface area contributed by atoms with E-state index in [2.05, 4.69) is 4.72 Å². The van der Waals surface area contributed by atoms with Gasteiger partial charge in [0.1, 0.15) is 0 Å². The Kier molecular flexibility index (Phi) is 5.16. The summed E-state index contributed by atoms with van der Waals surface area (Å²) < 4.78 is 26.8. The largest absolute Gasteiger partial charge is 0.392 e. The van der Waals surface area contributed by atoms with Gasteiger partial charge < -0.3 is 5.11 Å². The Balaban J connectivity index is 1.97. The average Bonchev–Trinajstić information content (AvgIpc) is 2.76. The molecule has 0 saturated heterocycles. The van der Waals surface area contributed by atoms with Crippen molar-refractivity contribution in [1.82, 2.24) is 4.72 Å². The van der Waals surface area contributed by atoms with Crippen molar-refractivity contribution in [2.24, 2.45) is 0 Å². The van der Waals surface area contributed by atoms with E-state index in [4.69, 9.17) is 5.11 Å². The first-order valence-electron chi connectivity index (χ1n) is 6.61. The van der Waals surface area contributed by atoms with E-state index in [9.17, 15) is 8.42 Å². The number of rotatable bonds is 6. The van der Waals surface area contributed by atoms with Gasteiger partial charge >= 0.3 is 0 Å². The van der Waals surface area contributed by atoms with E-state index in [1.54, 1.807) is 35.6 Å². The maximum Gasteiger partial charge on any atom is 0.216 e. The van der Waals surface area contributed by atoms with Crippen molar-refractivity contribution < 1.29 is 13.5 Å². The van der Waals surface area contributed by atoms with Crippen molar-refractivity contribution >= 4 is 21.4 Å². The Labute approximate surface area is 129 Å². The van der Waals surface area contributed by atoms with Crippen LogP contribution in [0.2, 0.25) is 0 Å². The molecule has 0 aliphatic rings. The fourth-order valence-electron chi connectivity index (χ4n) is 1.93. The molecule has 4 nitrogen and oxygen atoms in total. The van der Waals surface area contributed by atoms with E-state index in [1.165, 1.54) is 10.4 Å². The zero-order valence-corrected chi connectivity index (χ0v) is 13.7. The first kappa shape index (κ1) is 16.2. The molecule has 0 saturated carbocycles. The van der Waals surface area contributed by atoms with E-state index in [-0.39, 0.29) is 12.4 Å².